The van der Waals surface area contributed by atoms with Gasteiger partial charge in [-0.25, -0.2) is 9.13 Å². The molecule has 0 spiro atoms. The summed E-state index contributed by atoms with van der Waals surface area (Å²) in [7, 11) is -9.15. The van der Waals surface area contributed by atoms with Gasteiger partial charge in [0.25, 0.3) is 0 Å². The van der Waals surface area contributed by atoms with Gasteiger partial charge in [0.15, 0.2) is 12.6 Å². The minimum Gasteiger partial charge on any atom is -0.506 e. The number of aliphatic hydroxyl groups is 2. The average Bonchev–Trinajstić information content (AvgIpc) is 3.14. The van der Waals surface area contributed by atoms with Crippen LogP contribution in [0.1, 0.15) is 76.9 Å². The van der Waals surface area contributed by atoms with Crippen LogP contribution in [-0.4, -0.2) is 82.7 Å². The number of nitrogens with zero attached hydrogens (tertiary/aromatic N) is 4. The number of rotatable bonds is 12. The van der Waals surface area contributed by atoms with Gasteiger partial charge >= 0.3 is 15.6 Å². The molecule has 4 rings (SSSR count). The Hall–Kier alpha value is -4.80. The Balaban J connectivity index is 0.000000377. The number of aliphatic hydroxyl groups excluding tert-OH is 2. The lowest BCUT2D eigenvalue weighted by Gasteiger charge is -2.11. The van der Waals surface area contributed by atoms with Crippen molar-refractivity contribution in [2.45, 2.75) is 67.2 Å². The third-order valence-electron chi connectivity index (χ3n) is 7.34. The summed E-state index contributed by atoms with van der Waals surface area (Å²) >= 11 is 0. The zero-order valence-corrected chi connectivity index (χ0v) is 32.3. The number of aryl methyl sites for hydroxylation is 4. The van der Waals surface area contributed by atoms with E-state index in [-0.39, 0.29) is 78.3 Å². The molecule has 4 aromatic rings. The number of phosphoric ester groups is 2. The topological polar surface area (TPSA) is 393 Å². The van der Waals surface area contributed by atoms with Crippen molar-refractivity contribution in [2.24, 2.45) is 11.5 Å². The summed E-state index contributed by atoms with van der Waals surface area (Å²) in [4.78, 5) is 70.5. The molecule has 0 aromatic carbocycles. The van der Waals surface area contributed by atoms with Crippen molar-refractivity contribution < 1.29 is 78.0 Å². The molecule has 0 saturated carbocycles. The first-order chi connectivity index (χ1) is 26.1. The van der Waals surface area contributed by atoms with Gasteiger partial charge in [-0.2, -0.15) is 0 Å². The van der Waals surface area contributed by atoms with Crippen LogP contribution < -0.4 is 11.5 Å². The maximum absolute atomic E-state index is 10.7. The smallest absolute Gasteiger partial charge is 0.469 e. The van der Waals surface area contributed by atoms with Crippen molar-refractivity contribution in [1.29, 1.82) is 0 Å². The van der Waals surface area contributed by atoms with Crippen LogP contribution in [0.2, 0.25) is 0 Å². The molecule has 0 aliphatic carbocycles. The van der Waals surface area contributed by atoms with Gasteiger partial charge in [0, 0.05) is 71.3 Å². The number of aromatic hydroxyl groups is 4. The quantitative estimate of drug-likeness (QED) is 0.0703. The Kier molecular flexibility index (Phi) is 19.9. The second kappa shape index (κ2) is 22.7. The Morgan fingerprint density at radius 1 is 0.554 bits per heavy atom. The first-order valence-corrected chi connectivity index (χ1v) is 18.8. The minimum absolute atomic E-state index is 0.0368. The number of pyridine rings is 4. The second-order valence-corrected chi connectivity index (χ2v) is 13.6. The molecule has 24 heteroatoms. The van der Waals surface area contributed by atoms with E-state index < -0.39 is 22.3 Å². The number of nitrogens with two attached hydrogens (primary N) is 2. The molecule has 0 bridgehead atoms. The molecule has 0 radical (unpaired) electrons. The SMILES string of the molecule is Cc1ncc(CO)c(C=O)c1O.Cc1ncc(CO)c(CN)c1O.Cc1ncc(COP(=O)(O)O)c(C=O)c1O.Cc1ncc(COP(=O)(O)O)c(CN)c1O. The predicted octanol–water partition coefficient (Wildman–Crippen LogP) is 1.13. The van der Waals surface area contributed by atoms with Crippen molar-refractivity contribution in [3.05, 3.63) is 92.1 Å². The van der Waals surface area contributed by atoms with Gasteiger partial charge in [0.1, 0.15) is 23.0 Å². The molecule has 4 aromatic heterocycles. The van der Waals surface area contributed by atoms with Crippen molar-refractivity contribution >= 4 is 28.2 Å². The highest BCUT2D eigenvalue weighted by Crippen LogP contribution is 2.38. The van der Waals surface area contributed by atoms with Gasteiger partial charge in [-0.15, -0.1) is 0 Å². The Labute approximate surface area is 319 Å². The van der Waals surface area contributed by atoms with E-state index in [2.05, 4.69) is 29.0 Å². The molecule has 0 amide bonds. The highest BCUT2D eigenvalue weighted by atomic mass is 31.2. The molecular weight excluding hydrogens is 786 g/mol. The minimum atomic E-state index is -4.61. The largest absolute Gasteiger partial charge is 0.506 e. The van der Waals surface area contributed by atoms with Crippen LogP contribution in [0.4, 0.5) is 0 Å². The van der Waals surface area contributed by atoms with Crippen molar-refractivity contribution in [1.82, 2.24) is 19.9 Å². The lowest BCUT2D eigenvalue weighted by Crippen LogP contribution is -2.05. The van der Waals surface area contributed by atoms with E-state index in [9.17, 15) is 39.1 Å². The molecule has 308 valence electrons. The Bertz CT molecular complexity index is 2060. The molecule has 22 nitrogen and oxygen atoms in total. The highest BCUT2D eigenvalue weighted by molar-refractivity contribution is 7.46. The van der Waals surface area contributed by atoms with Crippen LogP contribution in [-0.2, 0) is 57.7 Å². The molecule has 56 heavy (non-hydrogen) atoms. The van der Waals surface area contributed by atoms with E-state index in [4.69, 9.17) is 41.3 Å². The van der Waals surface area contributed by atoms with Gasteiger partial charge < -0.3 is 61.7 Å². The Morgan fingerprint density at radius 2 is 0.857 bits per heavy atom. The first-order valence-electron chi connectivity index (χ1n) is 15.7. The van der Waals surface area contributed by atoms with Crippen LogP contribution in [0, 0.1) is 27.7 Å². The molecule has 0 aliphatic heterocycles. The fraction of sp³-hybridized carbons (Fsp3) is 0.312. The van der Waals surface area contributed by atoms with Crippen LogP contribution in [0.5, 0.6) is 23.0 Å². The fourth-order valence-electron chi connectivity index (χ4n) is 4.20. The standard InChI is InChI=1S/C8H13N2O5P.C8H12N2O2.C8H10NO6P.C8H9NO3/c1-5-8(11)7(2-9)6(3-10-5)4-15-16(12,13)14;1-5-8(12)7(2-9)6(4-11)3-10-5;1-5-8(11)7(3-10)6(2-9-5)4-15-16(12,13)14;1-5-8(12)7(4-11)6(3-10)2-9-5/h3,11H,2,4,9H2,1H3,(H2,12,13,14);3,11-12H,2,4,9H2,1H3;2-3,11H,4H2,1H3,(H2,12,13,14);2,4,10,12H,3H2,1H3. The summed E-state index contributed by atoms with van der Waals surface area (Å²) in [5, 5.41) is 55.5. The molecule has 14 N–H and O–H groups in total. The molecule has 0 aliphatic rings. The third kappa shape index (κ3) is 15.0. The molecule has 0 fully saturated rings. The van der Waals surface area contributed by atoms with Crippen molar-refractivity contribution in [2.75, 3.05) is 0 Å². The zero-order valence-electron chi connectivity index (χ0n) is 30.5. The highest BCUT2D eigenvalue weighted by Gasteiger charge is 2.19. The van der Waals surface area contributed by atoms with E-state index in [1.165, 1.54) is 31.7 Å². The predicted molar refractivity (Wildman–Crippen MR) is 195 cm³/mol. The Morgan fingerprint density at radius 3 is 1.21 bits per heavy atom. The number of carbonyl (C=O) groups is 2. The van der Waals surface area contributed by atoms with Crippen LogP contribution in [0.15, 0.2) is 24.8 Å². The van der Waals surface area contributed by atoms with Gasteiger partial charge in [-0.1, -0.05) is 0 Å². The number of carbonyl (C=O) groups excluding carboxylic acids is 2. The van der Waals surface area contributed by atoms with E-state index in [0.29, 0.717) is 57.5 Å². The normalized spacial score (nSPS) is 10.9. The molecule has 0 unspecified atom stereocenters. The third-order valence-corrected chi connectivity index (χ3v) is 8.27. The summed E-state index contributed by atoms with van der Waals surface area (Å²) < 4.78 is 29.5. The van der Waals surface area contributed by atoms with E-state index in [1.807, 2.05) is 0 Å². The maximum atomic E-state index is 10.7. The molecule has 4 heterocycles. The van der Waals surface area contributed by atoms with E-state index in [0.717, 1.165) is 0 Å². The number of hydrogen-bond acceptors (Lipinski definition) is 18. The zero-order chi connectivity index (χ0) is 43.0. The monoisotopic (exact) mass is 830 g/mol. The molecule has 0 saturated heterocycles. The van der Waals surface area contributed by atoms with Crippen LogP contribution >= 0.6 is 15.6 Å². The summed E-state index contributed by atoms with van der Waals surface area (Å²) in [5.41, 5.74) is 14.8. The van der Waals surface area contributed by atoms with E-state index >= 15 is 0 Å². The number of phosphoric acid groups is 2. The molecular formula is C32H44N6O16P2. The summed E-state index contributed by atoms with van der Waals surface area (Å²) in [5.74, 6) is -0.461. The summed E-state index contributed by atoms with van der Waals surface area (Å²) in [6, 6.07) is 0. The number of aldehydes is 2. The summed E-state index contributed by atoms with van der Waals surface area (Å²) in [6.07, 6.45) is 6.37. The van der Waals surface area contributed by atoms with Gasteiger partial charge in [0.05, 0.1) is 60.3 Å². The van der Waals surface area contributed by atoms with Crippen LogP contribution in [0.3, 0.4) is 0 Å². The second-order valence-electron chi connectivity index (χ2n) is 11.1. The van der Waals surface area contributed by atoms with Crippen LogP contribution in [0.25, 0.3) is 0 Å². The number of hydrogen-bond donors (Lipinski definition) is 12. The average molecular weight is 831 g/mol. The number of aromatic nitrogens is 4. The van der Waals surface area contributed by atoms with Crippen molar-refractivity contribution in [3.63, 3.8) is 0 Å². The molecule has 0 atom stereocenters. The lowest BCUT2D eigenvalue weighted by atomic mass is 10.1. The first kappa shape index (κ1) is 49.2. The van der Waals surface area contributed by atoms with E-state index in [1.54, 1.807) is 20.8 Å². The van der Waals surface area contributed by atoms with Gasteiger partial charge in [-0.3, -0.25) is 38.6 Å². The van der Waals surface area contributed by atoms with Crippen molar-refractivity contribution in [3.8, 4) is 23.0 Å². The summed E-state index contributed by atoms with van der Waals surface area (Å²) in [6.45, 7) is 5.33. The maximum Gasteiger partial charge on any atom is 0.469 e. The fourth-order valence-corrected chi connectivity index (χ4v) is 4.82. The van der Waals surface area contributed by atoms with Gasteiger partial charge in [-0.05, 0) is 27.7 Å². The van der Waals surface area contributed by atoms with Gasteiger partial charge in [0.2, 0.25) is 0 Å². The lowest BCUT2D eigenvalue weighted by molar-refractivity contribution is 0.110.